The number of anilines is 2. The molecule has 0 saturated carbocycles. The van der Waals surface area contributed by atoms with Gasteiger partial charge in [-0.2, -0.15) is 13.2 Å². The number of amides is 2. The topological polar surface area (TPSA) is 117 Å². The Labute approximate surface area is 186 Å². The molecule has 2 aliphatic heterocycles. The van der Waals surface area contributed by atoms with E-state index in [1.54, 1.807) is 18.2 Å². The zero-order valence-electron chi connectivity index (χ0n) is 17.1. The summed E-state index contributed by atoms with van der Waals surface area (Å²) in [6.07, 6.45) is -6.04. The van der Waals surface area contributed by atoms with Crippen molar-refractivity contribution in [1.82, 2.24) is 0 Å². The first kappa shape index (κ1) is 22.9. The van der Waals surface area contributed by atoms with Gasteiger partial charge in [0.2, 0.25) is 0 Å². The van der Waals surface area contributed by atoms with Gasteiger partial charge in [0.05, 0.1) is 24.7 Å². The number of hydrogen-bond acceptors (Lipinski definition) is 5. The maximum Gasteiger partial charge on any atom is 0.416 e. The van der Waals surface area contributed by atoms with E-state index in [1.165, 1.54) is 0 Å². The Hall–Kier alpha value is -3.31. The quantitative estimate of drug-likeness (QED) is 0.532. The summed E-state index contributed by atoms with van der Waals surface area (Å²) < 4.78 is 49.6. The van der Waals surface area contributed by atoms with Gasteiger partial charge in [-0.3, -0.25) is 4.79 Å². The Morgan fingerprint density at radius 2 is 1.73 bits per heavy atom. The summed E-state index contributed by atoms with van der Waals surface area (Å²) in [4.78, 5) is 23.4. The van der Waals surface area contributed by atoms with Crippen molar-refractivity contribution in [2.45, 2.75) is 43.2 Å². The van der Waals surface area contributed by atoms with Gasteiger partial charge in [0.1, 0.15) is 18.0 Å². The van der Waals surface area contributed by atoms with Crippen LogP contribution in [-0.2, 0) is 15.7 Å². The molecule has 33 heavy (non-hydrogen) atoms. The summed E-state index contributed by atoms with van der Waals surface area (Å²) in [5.41, 5.74) is 0.547. The van der Waals surface area contributed by atoms with Crippen LogP contribution in [0.1, 0.15) is 29.9 Å². The molecule has 4 N–H and O–H groups in total. The Balaban J connectivity index is 1.45. The molecule has 0 unspecified atom stereocenters. The van der Waals surface area contributed by atoms with Gasteiger partial charge < -0.3 is 30.3 Å². The molecule has 2 amide bonds. The van der Waals surface area contributed by atoms with E-state index in [0.29, 0.717) is 17.9 Å². The highest BCUT2D eigenvalue weighted by Crippen LogP contribution is 2.47. The fraction of sp³-hybridized carbons (Fsp3) is 0.364. The van der Waals surface area contributed by atoms with Crippen LogP contribution < -0.4 is 15.4 Å². The number of carbonyl (C=O) groups excluding carboxylic acids is 1. The van der Waals surface area contributed by atoms with Crippen molar-refractivity contribution < 1.29 is 42.4 Å². The van der Waals surface area contributed by atoms with E-state index in [-0.39, 0.29) is 24.6 Å². The van der Waals surface area contributed by atoms with Crippen molar-refractivity contribution >= 4 is 23.4 Å². The standard InChI is InChI=1S/C22H21F3N2O6/c23-22(24,25)11-1-3-12(4-2-11)26-21(31)27-13-5-6-17-15(7-13)16-8-14(9-19(29)30)32-18(10-28)20(16)33-17/h1-7,14,16,18,20,28H,8-10H2,(H,29,30)(H2,26,27,31)/t14-,16+,18-,20-/m0/s1. The number of hydrogen-bond donors (Lipinski definition) is 4. The molecule has 4 atom stereocenters. The molecule has 8 nitrogen and oxygen atoms in total. The average molecular weight is 466 g/mol. The van der Waals surface area contributed by atoms with E-state index in [0.717, 1.165) is 29.8 Å². The molecule has 0 bridgehead atoms. The first-order valence-electron chi connectivity index (χ1n) is 10.2. The van der Waals surface area contributed by atoms with E-state index in [2.05, 4.69) is 10.6 Å². The number of carbonyl (C=O) groups is 2. The number of aliphatic hydroxyl groups is 1. The zero-order chi connectivity index (χ0) is 23.8. The number of aliphatic hydroxyl groups excluding tert-OH is 1. The van der Waals surface area contributed by atoms with Crippen LogP contribution in [-0.4, -0.2) is 47.1 Å². The van der Waals surface area contributed by atoms with Crippen LogP contribution in [0.2, 0.25) is 0 Å². The molecule has 2 aliphatic rings. The number of aliphatic carboxylic acids is 1. The molecule has 11 heteroatoms. The van der Waals surface area contributed by atoms with Crippen LogP contribution in [0.4, 0.5) is 29.3 Å². The van der Waals surface area contributed by atoms with Gasteiger partial charge in [-0.25, -0.2) is 4.79 Å². The lowest BCUT2D eigenvalue weighted by Gasteiger charge is -2.36. The summed E-state index contributed by atoms with van der Waals surface area (Å²) in [5, 5.41) is 23.9. The molecule has 0 aromatic heterocycles. The van der Waals surface area contributed by atoms with E-state index in [1.807, 2.05) is 0 Å². The summed E-state index contributed by atoms with van der Waals surface area (Å²) in [6.45, 7) is -0.327. The summed E-state index contributed by atoms with van der Waals surface area (Å²) in [6, 6.07) is 8.37. The first-order chi connectivity index (χ1) is 15.6. The van der Waals surface area contributed by atoms with Crippen molar-refractivity contribution in [3.05, 3.63) is 53.6 Å². The van der Waals surface area contributed by atoms with Gasteiger partial charge in [0, 0.05) is 22.9 Å². The van der Waals surface area contributed by atoms with Gasteiger partial charge in [0.25, 0.3) is 0 Å². The highest BCUT2D eigenvalue weighted by atomic mass is 19.4. The van der Waals surface area contributed by atoms with E-state index in [4.69, 9.17) is 14.6 Å². The second-order valence-electron chi connectivity index (χ2n) is 7.91. The SMILES string of the molecule is O=C(O)C[C@@H]1C[C@@H]2c3cc(NC(=O)Nc4ccc(C(F)(F)F)cc4)ccc3O[C@@H]2[C@H](CO)O1. The van der Waals surface area contributed by atoms with Crippen LogP contribution in [0, 0.1) is 0 Å². The molecule has 2 aromatic carbocycles. The third-order valence-electron chi connectivity index (χ3n) is 5.63. The third-order valence-corrected chi connectivity index (χ3v) is 5.63. The highest BCUT2D eigenvalue weighted by Gasteiger charge is 2.46. The fourth-order valence-corrected chi connectivity index (χ4v) is 4.20. The number of ether oxygens (including phenoxy) is 2. The predicted octanol–water partition coefficient (Wildman–Crippen LogP) is 3.82. The van der Waals surface area contributed by atoms with Crippen LogP contribution in [0.3, 0.4) is 0 Å². The van der Waals surface area contributed by atoms with E-state index >= 15 is 0 Å². The molecule has 0 aliphatic carbocycles. The second-order valence-corrected chi connectivity index (χ2v) is 7.91. The number of alkyl halides is 3. The van der Waals surface area contributed by atoms with Gasteiger partial charge in [-0.05, 0) is 48.9 Å². The van der Waals surface area contributed by atoms with Crippen molar-refractivity contribution in [1.29, 1.82) is 0 Å². The number of urea groups is 1. The molecule has 1 saturated heterocycles. The van der Waals surface area contributed by atoms with Gasteiger partial charge in [-0.15, -0.1) is 0 Å². The molecule has 176 valence electrons. The maximum atomic E-state index is 12.7. The van der Waals surface area contributed by atoms with Crippen molar-refractivity contribution in [3.8, 4) is 5.75 Å². The van der Waals surface area contributed by atoms with Gasteiger partial charge in [-0.1, -0.05) is 0 Å². The summed E-state index contributed by atoms with van der Waals surface area (Å²) >= 11 is 0. The molecular formula is C22H21F3N2O6. The van der Waals surface area contributed by atoms with Gasteiger partial charge in [0.15, 0.2) is 0 Å². The lowest BCUT2D eigenvalue weighted by molar-refractivity contribution is -0.153. The summed E-state index contributed by atoms with van der Waals surface area (Å²) in [5.74, 6) is -0.684. The lowest BCUT2D eigenvalue weighted by atomic mass is 9.84. The first-order valence-corrected chi connectivity index (χ1v) is 10.2. The Bertz CT molecular complexity index is 1040. The monoisotopic (exact) mass is 466 g/mol. The van der Waals surface area contributed by atoms with Crippen molar-refractivity contribution in [2.75, 3.05) is 17.2 Å². The van der Waals surface area contributed by atoms with Crippen LogP contribution >= 0.6 is 0 Å². The fourth-order valence-electron chi connectivity index (χ4n) is 4.20. The third kappa shape index (κ3) is 5.04. The van der Waals surface area contributed by atoms with Gasteiger partial charge >= 0.3 is 18.2 Å². The Kier molecular flexibility index (Phi) is 6.17. The minimum Gasteiger partial charge on any atom is -0.487 e. The molecule has 1 fully saturated rings. The zero-order valence-corrected chi connectivity index (χ0v) is 17.1. The second kappa shape index (κ2) is 8.91. The smallest absolute Gasteiger partial charge is 0.416 e. The van der Waals surface area contributed by atoms with Crippen LogP contribution in [0.5, 0.6) is 5.75 Å². The predicted molar refractivity (Wildman–Crippen MR) is 110 cm³/mol. The minimum atomic E-state index is -4.46. The lowest BCUT2D eigenvalue weighted by Crippen LogP contribution is -2.46. The number of rotatable bonds is 5. The average Bonchev–Trinajstić information content (AvgIpc) is 3.10. The normalized spacial score (nSPS) is 23.8. The highest BCUT2D eigenvalue weighted by molar-refractivity contribution is 5.99. The number of carboxylic acid groups (broad SMARTS) is 1. The molecule has 4 rings (SSSR count). The van der Waals surface area contributed by atoms with Crippen LogP contribution in [0.15, 0.2) is 42.5 Å². The maximum absolute atomic E-state index is 12.7. The molecular weight excluding hydrogens is 445 g/mol. The molecule has 0 radical (unpaired) electrons. The number of halogens is 3. The Morgan fingerprint density at radius 3 is 2.36 bits per heavy atom. The summed E-state index contributed by atoms with van der Waals surface area (Å²) in [7, 11) is 0. The molecule has 2 heterocycles. The number of fused-ring (bicyclic) bond motifs is 3. The number of benzene rings is 2. The van der Waals surface area contributed by atoms with Crippen LogP contribution in [0.25, 0.3) is 0 Å². The number of carboxylic acids is 1. The largest absolute Gasteiger partial charge is 0.487 e. The number of nitrogens with one attached hydrogen (secondary N) is 2. The Morgan fingerprint density at radius 1 is 1.06 bits per heavy atom. The van der Waals surface area contributed by atoms with Crippen molar-refractivity contribution in [3.63, 3.8) is 0 Å². The van der Waals surface area contributed by atoms with E-state index in [9.17, 15) is 27.9 Å². The molecule has 2 aromatic rings. The van der Waals surface area contributed by atoms with Crippen molar-refractivity contribution in [2.24, 2.45) is 0 Å². The van der Waals surface area contributed by atoms with E-state index < -0.39 is 42.1 Å². The minimum absolute atomic E-state index is 0.191. The molecule has 0 spiro atoms.